The molecular formula is C18H20N6O3S. The number of primary amides is 1. The molecule has 1 aromatic carbocycles. The number of aromatic amines is 1. The van der Waals surface area contributed by atoms with Gasteiger partial charge in [0.1, 0.15) is 11.4 Å². The summed E-state index contributed by atoms with van der Waals surface area (Å²) < 4.78 is 25.8. The lowest BCUT2D eigenvalue weighted by Crippen LogP contribution is -2.14. The molecule has 0 bridgehead atoms. The first-order chi connectivity index (χ1) is 13.3. The molecule has 0 saturated carbocycles. The molecule has 10 heteroatoms. The zero-order valence-electron chi connectivity index (χ0n) is 15.4. The van der Waals surface area contributed by atoms with Gasteiger partial charge in [-0.3, -0.25) is 14.6 Å². The first kappa shape index (κ1) is 19.4. The minimum absolute atomic E-state index is 0.0247. The van der Waals surface area contributed by atoms with Crippen LogP contribution in [0, 0.1) is 6.92 Å². The highest BCUT2D eigenvalue weighted by Gasteiger charge is 2.20. The zero-order chi connectivity index (χ0) is 20.3. The molecule has 0 spiro atoms. The maximum atomic E-state index is 12.0. The number of rotatable bonds is 7. The minimum atomic E-state index is -3.37. The van der Waals surface area contributed by atoms with Crippen LogP contribution in [0.1, 0.15) is 22.8 Å². The molecule has 3 rings (SSSR count). The van der Waals surface area contributed by atoms with Gasteiger partial charge < -0.3 is 11.1 Å². The van der Waals surface area contributed by atoms with Crippen molar-refractivity contribution < 1.29 is 13.2 Å². The number of H-pyrrole nitrogens is 1. The van der Waals surface area contributed by atoms with E-state index in [1.54, 1.807) is 37.4 Å². The van der Waals surface area contributed by atoms with Crippen LogP contribution < -0.4 is 15.8 Å². The highest BCUT2D eigenvalue weighted by molar-refractivity contribution is 7.92. The summed E-state index contributed by atoms with van der Waals surface area (Å²) in [6, 6.07) is 10.2. The number of carbonyl (C=O) groups excluding carboxylic acids is 1. The van der Waals surface area contributed by atoms with Crippen molar-refractivity contribution in [2.24, 2.45) is 5.73 Å². The molecule has 0 radical (unpaired) electrons. The summed E-state index contributed by atoms with van der Waals surface area (Å²) in [5.41, 5.74) is 8.22. The van der Waals surface area contributed by atoms with Gasteiger partial charge in [-0.05, 0) is 43.7 Å². The van der Waals surface area contributed by atoms with Gasteiger partial charge in [0.25, 0.3) is 5.91 Å². The van der Waals surface area contributed by atoms with E-state index in [4.69, 9.17) is 5.73 Å². The van der Waals surface area contributed by atoms with Crippen molar-refractivity contribution in [1.82, 2.24) is 15.2 Å². The lowest BCUT2D eigenvalue weighted by atomic mass is 10.1. The second kappa shape index (κ2) is 7.69. The fraction of sp³-hybridized carbons (Fsp3) is 0.167. The summed E-state index contributed by atoms with van der Waals surface area (Å²) in [7, 11) is -3.37. The molecular weight excluding hydrogens is 380 g/mol. The third-order valence-electron chi connectivity index (χ3n) is 4.00. The quantitative estimate of drug-likeness (QED) is 0.479. The molecule has 3 aromatic rings. The Hall–Kier alpha value is -3.40. The van der Waals surface area contributed by atoms with Crippen molar-refractivity contribution in [2.75, 3.05) is 15.8 Å². The Morgan fingerprint density at radius 1 is 1.21 bits per heavy atom. The van der Waals surface area contributed by atoms with Gasteiger partial charge in [-0.2, -0.15) is 5.10 Å². The van der Waals surface area contributed by atoms with E-state index in [-0.39, 0.29) is 17.1 Å². The first-order valence-corrected chi connectivity index (χ1v) is 10.1. The molecule has 0 fully saturated rings. The van der Waals surface area contributed by atoms with Crippen LogP contribution in [0.4, 0.5) is 17.3 Å². The van der Waals surface area contributed by atoms with Gasteiger partial charge in [0, 0.05) is 17.4 Å². The van der Waals surface area contributed by atoms with Crippen LogP contribution in [0.2, 0.25) is 0 Å². The van der Waals surface area contributed by atoms with Gasteiger partial charge in [0.2, 0.25) is 10.0 Å². The highest BCUT2D eigenvalue weighted by Crippen LogP contribution is 2.29. The Bertz CT molecular complexity index is 1110. The van der Waals surface area contributed by atoms with Crippen LogP contribution in [-0.4, -0.2) is 35.3 Å². The molecule has 0 saturated heterocycles. The maximum absolute atomic E-state index is 12.0. The Labute approximate surface area is 162 Å². The van der Waals surface area contributed by atoms with E-state index in [1.165, 1.54) is 0 Å². The topological polar surface area (TPSA) is 143 Å². The molecule has 0 aliphatic heterocycles. The summed E-state index contributed by atoms with van der Waals surface area (Å²) in [5, 5.41) is 9.94. The Kier molecular flexibility index (Phi) is 5.32. The number of nitrogens with one attached hydrogen (secondary N) is 3. The summed E-state index contributed by atoms with van der Waals surface area (Å²) in [4.78, 5) is 16.2. The number of carbonyl (C=O) groups is 1. The third-order valence-corrected chi connectivity index (χ3v) is 5.31. The number of hydrogen-bond donors (Lipinski definition) is 4. The molecule has 28 heavy (non-hydrogen) atoms. The third kappa shape index (κ3) is 4.29. The molecule has 1 amide bonds. The highest BCUT2D eigenvalue weighted by atomic mass is 32.2. The average molecular weight is 400 g/mol. The second-order valence-electron chi connectivity index (χ2n) is 6.11. The van der Waals surface area contributed by atoms with E-state index in [1.807, 2.05) is 19.1 Å². The number of nitrogens with two attached hydrogens (primary N) is 1. The number of benzene rings is 1. The number of hydrogen-bond acceptors (Lipinski definition) is 6. The summed E-state index contributed by atoms with van der Waals surface area (Å²) in [6.07, 6.45) is 1.64. The van der Waals surface area contributed by atoms with E-state index in [9.17, 15) is 13.2 Å². The van der Waals surface area contributed by atoms with Gasteiger partial charge in [-0.1, -0.05) is 12.1 Å². The molecule has 0 unspecified atom stereocenters. The van der Waals surface area contributed by atoms with Crippen LogP contribution in [-0.2, 0) is 10.0 Å². The maximum Gasteiger partial charge on any atom is 0.254 e. The van der Waals surface area contributed by atoms with E-state index < -0.39 is 15.9 Å². The van der Waals surface area contributed by atoms with Crippen molar-refractivity contribution in [3.05, 3.63) is 53.7 Å². The SMILES string of the molecule is CCS(=O)(=O)Nc1ccc(-c2[nH]nc(Nc3cc(C)ccn3)c2C(N)=O)cc1. The van der Waals surface area contributed by atoms with Gasteiger partial charge in [0.15, 0.2) is 5.82 Å². The van der Waals surface area contributed by atoms with Crippen molar-refractivity contribution in [3.8, 4) is 11.3 Å². The van der Waals surface area contributed by atoms with Crippen molar-refractivity contribution in [1.29, 1.82) is 0 Å². The van der Waals surface area contributed by atoms with Crippen LogP contribution in [0.25, 0.3) is 11.3 Å². The number of pyridine rings is 1. The zero-order valence-corrected chi connectivity index (χ0v) is 16.2. The fourth-order valence-electron chi connectivity index (χ4n) is 2.56. The molecule has 5 N–H and O–H groups in total. The second-order valence-corrected chi connectivity index (χ2v) is 8.12. The summed E-state index contributed by atoms with van der Waals surface area (Å²) in [6.45, 7) is 3.48. The van der Waals surface area contributed by atoms with Crippen molar-refractivity contribution in [2.45, 2.75) is 13.8 Å². The van der Waals surface area contributed by atoms with E-state index >= 15 is 0 Å². The number of nitrogens with zero attached hydrogens (tertiary/aromatic N) is 2. The predicted octanol–water partition coefficient (Wildman–Crippen LogP) is 2.38. The standard InChI is InChI=1S/C18H20N6O3S/c1-3-28(26,27)24-13-6-4-12(5-7-13)16-15(17(19)25)18(23-22-16)21-14-10-11(2)8-9-20-14/h4-10,24H,3H2,1-2H3,(H2,19,25)(H2,20,21,22,23). The van der Waals surface area contributed by atoms with Crippen LogP contribution in [0.15, 0.2) is 42.6 Å². The van der Waals surface area contributed by atoms with Gasteiger partial charge in [-0.15, -0.1) is 0 Å². The number of anilines is 3. The number of sulfonamides is 1. The van der Waals surface area contributed by atoms with Gasteiger partial charge in [-0.25, -0.2) is 13.4 Å². The van der Waals surface area contributed by atoms with Crippen molar-refractivity contribution in [3.63, 3.8) is 0 Å². The van der Waals surface area contributed by atoms with E-state index in [0.29, 0.717) is 22.8 Å². The molecule has 9 nitrogen and oxygen atoms in total. The number of aromatic nitrogens is 3. The minimum Gasteiger partial charge on any atom is -0.365 e. The molecule has 0 atom stereocenters. The van der Waals surface area contributed by atoms with Gasteiger partial charge >= 0.3 is 0 Å². The Morgan fingerprint density at radius 3 is 2.54 bits per heavy atom. The average Bonchev–Trinajstić information content (AvgIpc) is 3.06. The first-order valence-electron chi connectivity index (χ1n) is 8.48. The number of amides is 1. The fourth-order valence-corrected chi connectivity index (χ4v) is 3.20. The lowest BCUT2D eigenvalue weighted by Gasteiger charge is -2.08. The van der Waals surface area contributed by atoms with E-state index in [2.05, 4.69) is 25.2 Å². The predicted molar refractivity (Wildman–Crippen MR) is 108 cm³/mol. The van der Waals surface area contributed by atoms with E-state index in [0.717, 1.165) is 5.56 Å². The smallest absolute Gasteiger partial charge is 0.254 e. The molecule has 2 aromatic heterocycles. The molecule has 0 aliphatic carbocycles. The molecule has 0 aliphatic rings. The monoisotopic (exact) mass is 400 g/mol. The van der Waals surface area contributed by atoms with Crippen LogP contribution in [0.5, 0.6) is 0 Å². The largest absolute Gasteiger partial charge is 0.365 e. The van der Waals surface area contributed by atoms with Gasteiger partial charge in [0.05, 0.1) is 11.4 Å². The molecule has 146 valence electrons. The van der Waals surface area contributed by atoms with Crippen LogP contribution >= 0.6 is 0 Å². The number of aryl methyl sites for hydroxylation is 1. The summed E-state index contributed by atoms with van der Waals surface area (Å²) in [5.74, 6) is 0.110. The van der Waals surface area contributed by atoms with Crippen molar-refractivity contribution >= 4 is 33.3 Å². The Balaban J connectivity index is 1.92. The summed E-state index contributed by atoms with van der Waals surface area (Å²) >= 11 is 0. The normalized spacial score (nSPS) is 11.2. The molecule has 2 heterocycles. The Morgan fingerprint density at radius 2 is 1.93 bits per heavy atom. The van der Waals surface area contributed by atoms with Crippen LogP contribution in [0.3, 0.4) is 0 Å². The lowest BCUT2D eigenvalue weighted by molar-refractivity contribution is 0.100.